The second-order valence-corrected chi connectivity index (χ2v) is 4.77. The summed E-state index contributed by atoms with van der Waals surface area (Å²) in [4.78, 5) is 0. The van der Waals surface area contributed by atoms with Crippen molar-refractivity contribution >= 4 is 0 Å². The maximum absolute atomic E-state index is 6.01. The van der Waals surface area contributed by atoms with Gasteiger partial charge in [0.2, 0.25) is 0 Å². The Balaban J connectivity index is 0.000000514. The molecule has 0 aromatic heterocycles. The molecule has 17 heavy (non-hydrogen) atoms. The lowest BCUT2D eigenvalue weighted by atomic mass is 9.83. The van der Waals surface area contributed by atoms with E-state index in [9.17, 15) is 0 Å². The molecule has 1 aromatic rings. The highest BCUT2D eigenvalue weighted by molar-refractivity contribution is 5.44. The molecule has 0 amide bonds. The van der Waals surface area contributed by atoms with E-state index in [1.165, 1.54) is 36.8 Å². The zero-order chi connectivity index (χ0) is 12.3. The Kier molecular flexibility index (Phi) is 4.09. The summed E-state index contributed by atoms with van der Waals surface area (Å²) < 4.78 is 6.01. The van der Waals surface area contributed by atoms with Crippen LogP contribution in [-0.2, 0) is 6.42 Å². The standard InChI is InChI=1S/C14H18O.C2H6/c1-2-10-7-8-14-12(9-10)11-5-3-4-6-13(11)15-14;1-2/h7-9,11,13H,2-6H2,1H3;1-2H3. The number of rotatable bonds is 1. The van der Waals surface area contributed by atoms with Crippen molar-refractivity contribution in [2.24, 2.45) is 0 Å². The third kappa shape index (κ3) is 2.34. The summed E-state index contributed by atoms with van der Waals surface area (Å²) in [6.45, 7) is 6.22. The number of aryl methyl sites for hydroxylation is 1. The highest BCUT2D eigenvalue weighted by Crippen LogP contribution is 2.45. The van der Waals surface area contributed by atoms with Crippen LogP contribution in [0.1, 0.15) is 63.5 Å². The van der Waals surface area contributed by atoms with Gasteiger partial charge in [0.05, 0.1) is 0 Å². The fourth-order valence-corrected chi connectivity index (χ4v) is 2.97. The number of ether oxygens (including phenoxy) is 1. The van der Waals surface area contributed by atoms with Gasteiger partial charge in [-0.15, -0.1) is 0 Å². The molecular formula is C16H24O. The van der Waals surface area contributed by atoms with Crippen LogP contribution in [0.2, 0.25) is 0 Å². The fourth-order valence-electron chi connectivity index (χ4n) is 2.97. The van der Waals surface area contributed by atoms with Crippen LogP contribution in [0.25, 0.3) is 0 Å². The predicted molar refractivity (Wildman–Crippen MR) is 72.8 cm³/mol. The minimum Gasteiger partial charge on any atom is -0.489 e. The molecule has 2 aliphatic rings. The van der Waals surface area contributed by atoms with Crippen LogP contribution in [0, 0.1) is 0 Å². The molecule has 1 aliphatic carbocycles. The van der Waals surface area contributed by atoms with E-state index in [4.69, 9.17) is 4.74 Å². The van der Waals surface area contributed by atoms with E-state index in [-0.39, 0.29) is 0 Å². The average molecular weight is 232 g/mol. The molecule has 1 saturated carbocycles. The van der Waals surface area contributed by atoms with Crippen LogP contribution in [0.3, 0.4) is 0 Å². The molecule has 1 nitrogen and oxygen atoms in total. The maximum atomic E-state index is 6.01. The van der Waals surface area contributed by atoms with Crippen LogP contribution in [0.5, 0.6) is 5.75 Å². The zero-order valence-electron chi connectivity index (χ0n) is 11.3. The molecular weight excluding hydrogens is 208 g/mol. The van der Waals surface area contributed by atoms with Gasteiger partial charge in [0.1, 0.15) is 11.9 Å². The molecule has 1 fully saturated rings. The molecule has 3 rings (SSSR count). The molecule has 0 radical (unpaired) electrons. The summed E-state index contributed by atoms with van der Waals surface area (Å²) in [5.41, 5.74) is 2.93. The average Bonchev–Trinajstić information content (AvgIpc) is 2.78. The number of hydrogen-bond acceptors (Lipinski definition) is 1. The first-order chi connectivity index (χ1) is 8.38. The van der Waals surface area contributed by atoms with Crippen molar-refractivity contribution in [2.75, 3.05) is 0 Å². The first-order valence-electron chi connectivity index (χ1n) is 7.18. The maximum Gasteiger partial charge on any atom is 0.123 e. The lowest BCUT2D eigenvalue weighted by Crippen LogP contribution is -2.22. The van der Waals surface area contributed by atoms with Gasteiger partial charge in [0.15, 0.2) is 0 Å². The van der Waals surface area contributed by atoms with Gasteiger partial charge in [0.25, 0.3) is 0 Å². The van der Waals surface area contributed by atoms with Crippen LogP contribution >= 0.6 is 0 Å². The minimum absolute atomic E-state index is 0.487. The van der Waals surface area contributed by atoms with Crippen molar-refractivity contribution < 1.29 is 4.74 Å². The van der Waals surface area contributed by atoms with Crippen LogP contribution in [0.15, 0.2) is 18.2 Å². The van der Waals surface area contributed by atoms with Crippen molar-refractivity contribution in [1.82, 2.24) is 0 Å². The molecule has 1 aliphatic heterocycles. The van der Waals surface area contributed by atoms with Gasteiger partial charge in [0, 0.05) is 11.5 Å². The summed E-state index contributed by atoms with van der Waals surface area (Å²) in [5.74, 6) is 1.85. The SMILES string of the molecule is CC.CCc1ccc2c(c1)C1CCCCC1O2. The van der Waals surface area contributed by atoms with Crippen LogP contribution in [0.4, 0.5) is 0 Å². The van der Waals surface area contributed by atoms with Crippen molar-refractivity contribution in [2.45, 2.75) is 64.9 Å². The molecule has 0 saturated heterocycles. The Bertz CT molecular complexity index is 370. The van der Waals surface area contributed by atoms with Gasteiger partial charge >= 0.3 is 0 Å². The lowest BCUT2D eigenvalue weighted by Gasteiger charge is -2.23. The quantitative estimate of drug-likeness (QED) is 0.682. The van der Waals surface area contributed by atoms with Crippen molar-refractivity contribution in [3.63, 3.8) is 0 Å². The molecule has 1 heterocycles. The summed E-state index contributed by atoms with van der Waals surface area (Å²) in [7, 11) is 0. The van der Waals surface area contributed by atoms with Gasteiger partial charge in [-0.3, -0.25) is 0 Å². The molecule has 2 unspecified atom stereocenters. The van der Waals surface area contributed by atoms with E-state index >= 15 is 0 Å². The third-order valence-electron chi connectivity index (χ3n) is 3.86. The van der Waals surface area contributed by atoms with Gasteiger partial charge in [-0.25, -0.2) is 0 Å². The van der Waals surface area contributed by atoms with Crippen molar-refractivity contribution in [1.29, 1.82) is 0 Å². The highest BCUT2D eigenvalue weighted by Gasteiger charge is 2.35. The van der Waals surface area contributed by atoms with Gasteiger partial charge in [-0.2, -0.15) is 0 Å². The van der Waals surface area contributed by atoms with E-state index in [0.29, 0.717) is 12.0 Å². The van der Waals surface area contributed by atoms with Crippen molar-refractivity contribution in [3.05, 3.63) is 29.3 Å². The predicted octanol–water partition coefficient (Wildman–Crippen LogP) is 4.69. The Morgan fingerprint density at radius 1 is 1.18 bits per heavy atom. The Hall–Kier alpha value is -0.980. The summed E-state index contributed by atoms with van der Waals surface area (Å²) >= 11 is 0. The third-order valence-corrected chi connectivity index (χ3v) is 3.86. The Labute approximate surface area is 105 Å². The Morgan fingerprint density at radius 2 is 1.94 bits per heavy atom. The first-order valence-corrected chi connectivity index (χ1v) is 7.18. The summed E-state index contributed by atoms with van der Waals surface area (Å²) in [6.07, 6.45) is 6.91. The fraction of sp³-hybridized carbons (Fsp3) is 0.625. The van der Waals surface area contributed by atoms with E-state index in [2.05, 4.69) is 25.1 Å². The van der Waals surface area contributed by atoms with Crippen LogP contribution < -0.4 is 4.74 Å². The monoisotopic (exact) mass is 232 g/mol. The molecule has 1 heteroatoms. The lowest BCUT2D eigenvalue weighted by molar-refractivity contribution is 0.164. The first kappa shape index (κ1) is 12.5. The normalized spacial score (nSPS) is 25.1. The van der Waals surface area contributed by atoms with Gasteiger partial charge in [-0.05, 0) is 37.3 Å². The molecule has 1 aromatic carbocycles. The summed E-state index contributed by atoms with van der Waals surface area (Å²) in [6, 6.07) is 6.74. The molecule has 0 spiro atoms. The number of hydrogen-bond donors (Lipinski definition) is 0. The summed E-state index contributed by atoms with van der Waals surface area (Å²) in [5, 5.41) is 0. The molecule has 0 bridgehead atoms. The van der Waals surface area contributed by atoms with E-state index in [1.54, 1.807) is 0 Å². The minimum atomic E-state index is 0.487. The molecule has 0 N–H and O–H groups in total. The number of benzene rings is 1. The highest BCUT2D eigenvalue weighted by atomic mass is 16.5. The van der Waals surface area contributed by atoms with Gasteiger partial charge in [-0.1, -0.05) is 39.3 Å². The molecule has 94 valence electrons. The second kappa shape index (κ2) is 5.57. The topological polar surface area (TPSA) is 9.23 Å². The zero-order valence-corrected chi connectivity index (χ0v) is 11.3. The smallest absolute Gasteiger partial charge is 0.123 e. The van der Waals surface area contributed by atoms with E-state index in [0.717, 1.165) is 12.2 Å². The van der Waals surface area contributed by atoms with E-state index < -0.39 is 0 Å². The van der Waals surface area contributed by atoms with Crippen molar-refractivity contribution in [3.8, 4) is 5.75 Å². The van der Waals surface area contributed by atoms with E-state index in [1.807, 2.05) is 13.8 Å². The second-order valence-electron chi connectivity index (χ2n) is 4.77. The van der Waals surface area contributed by atoms with Crippen LogP contribution in [-0.4, -0.2) is 6.10 Å². The number of fused-ring (bicyclic) bond motifs is 3. The largest absolute Gasteiger partial charge is 0.489 e. The Morgan fingerprint density at radius 3 is 2.71 bits per heavy atom. The molecule has 2 atom stereocenters. The van der Waals surface area contributed by atoms with Gasteiger partial charge < -0.3 is 4.74 Å².